The largest absolute Gasteiger partial charge is 0.481 e. The molecule has 3 amide bonds. The van der Waals surface area contributed by atoms with E-state index in [2.05, 4.69) is 26.6 Å². The number of nitrogens with one attached hydrogen (secondary N) is 2. The van der Waals surface area contributed by atoms with Gasteiger partial charge in [0.25, 0.3) is 0 Å². The standard InChI is InChI=1S/C12H15BrN2O4S/c13-9-5-4-8(20-9)6-7-14-12(19)15-10(16)2-1-3-11(17)18/h4-5H,1-3,6-7H2,(H,17,18)(H2,14,15,16,19). The summed E-state index contributed by atoms with van der Waals surface area (Å²) in [5.74, 6) is -1.42. The number of hydrogen-bond acceptors (Lipinski definition) is 4. The third kappa shape index (κ3) is 7.25. The smallest absolute Gasteiger partial charge is 0.321 e. The van der Waals surface area contributed by atoms with Crippen LogP contribution in [-0.2, 0) is 16.0 Å². The van der Waals surface area contributed by atoms with Crippen LogP contribution in [0.5, 0.6) is 0 Å². The maximum atomic E-state index is 11.4. The van der Waals surface area contributed by atoms with Crippen LogP contribution in [0.1, 0.15) is 24.1 Å². The van der Waals surface area contributed by atoms with E-state index in [-0.39, 0.29) is 19.3 Å². The Morgan fingerprint density at radius 3 is 2.60 bits per heavy atom. The Kier molecular flexibility index (Phi) is 7.24. The predicted molar refractivity (Wildman–Crippen MR) is 78.8 cm³/mol. The molecule has 110 valence electrons. The number of carbonyl (C=O) groups is 3. The quantitative estimate of drug-likeness (QED) is 0.692. The molecule has 0 spiro atoms. The summed E-state index contributed by atoms with van der Waals surface area (Å²) in [6.45, 7) is 0.432. The normalized spacial score (nSPS) is 10.1. The van der Waals surface area contributed by atoms with Crippen molar-refractivity contribution in [2.45, 2.75) is 25.7 Å². The molecule has 1 heterocycles. The van der Waals surface area contributed by atoms with Crippen molar-refractivity contribution < 1.29 is 19.5 Å². The number of carboxylic acids is 1. The highest BCUT2D eigenvalue weighted by Crippen LogP contribution is 2.21. The summed E-state index contributed by atoms with van der Waals surface area (Å²) in [6, 6.07) is 3.35. The zero-order valence-electron chi connectivity index (χ0n) is 10.6. The first-order valence-corrected chi connectivity index (χ1v) is 7.62. The second kappa shape index (κ2) is 8.70. The summed E-state index contributed by atoms with van der Waals surface area (Å²) in [6.07, 6.45) is 0.856. The fourth-order valence-electron chi connectivity index (χ4n) is 1.42. The van der Waals surface area contributed by atoms with Crippen molar-refractivity contribution in [2.75, 3.05) is 6.54 Å². The van der Waals surface area contributed by atoms with Crippen LogP contribution >= 0.6 is 27.3 Å². The highest BCUT2D eigenvalue weighted by atomic mass is 79.9. The molecule has 0 fully saturated rings. The average molecular weight is 363 g/mol. The van der Waals surface area contributed by atoms with Crippen LogP contribution in [0.15, 0.2) is 15.9 Å². The minimum atomic E-state index is -0.954. The van der Waals surface area contributed by atoms with Gasteiger partial charge in [0.1, 0.15) is 0 Å². The lowest BCUT2D eigenvalue weighted by atomic mass is 10.2. The van der Waals surface area contributed by atoms with Crippen LogP contribution in [0.2, 0.25) is 0 Å². The molecule has 20 heavy (non-hydrogen) atoms. The van der Waals surface area contributed by atoms with Crippen LogP contribution in [0.25, 0.3) is 0 Å². The number of halogens is 1. The molecule has 0 aliphatic carbocycles. The fraction of sp³-hybridized carbons (Fsp3) is 0.417. The highest BCUT2D eigenvalue weighted by molar-refractivity contribution is 9.11. The monoisotopic (exact) mass is 362 g/mol. The van der Waals surface area contributed by atoms with E-state index < -0.39 is 17.9 Å². The van der Waals surface area contributed by atoms with Crippen molar-refractivity contribution in [3.63, 3.8) is 0 Å². The number of carbonyl (C=O) groups excluding carboxylic acids is 2. The molecule has 6 nitrogen and oxygen atoms in total. The Morgan fingerprint density at radius 1 is 1.25 bits per heavy atom. The Bertz CT molecular complexity index is 490. The Morgan fingerprint density at radius 2 is 2.00 bits per heavy atom. The van der Waals surface area contributed by atoms with Gasteiger partial charge in [-0.1, -0.05) is 0 Å². The Labute approximate surface area is 128 Å². The summed E-state index contributed by atoms with van der Waals surface area (Å²) in [7, 11) is 0. The first-order chi connectivity index (χ1) is 9.47. The molecule has 1 rings (SSSR count). The number of urea groups is 1. The molecule has 0 atom stereocenters. The molecule has 0 unspecified atom stereocenters. The molecule has 1 aromatic heterocycles. The van der Waals surface area contributed by atoms with Crippen molar-refractivity contribution in [1.29, 1.82) is 0 Å². The van der Waals surface area contributed by atoms with Gasteiger partial charge in [0.05, 0.1) is 3.79 Å². The number of imide groups is 1. The first-order valence-electron chi connectivity index (χ1n) is 6.01. The van der Waals surface area contributed by atoms with E-state index in [1.165, 1.54) is 0 Å². The van der Waals surface area contributed by atoms with E-state index >= 15 is 0 Å². The molecule has 0 bridgehead atoms. The van der Waals surface area contributed by atoms with Gasteiger partial charge in [0.15, 0.2) is 0 Å². The van der Waals surface area contributed by atoms with Gasteiger partial charge >= 0.3 is 12.0 Å². The second-order valence-electron chi connectivity index (χ2n) is 4.01. The van der Waals surface area contributed by atoms with E-state index in [9.17, 15) is 14.4 Å². The number of hydrogen-bond donors (Lipinski definition) is 3. The average Bonchev–Trinajstić information content (AvgIpc) is 2.74. The van der Waals surface area contributed by atoms with Crippen molar-refractivity contribution >= 4 is 45.2 Å². The minimum absolute atomic E-state index is 0.0254. The number of aliphatic carboxylic acids is 1. The molecule has 3 N–H and O–H groups in total. The van der Waals surface area contributed by atoms with Crippen LogP contribution in [-0.4, -0.2) is 29.6 Å². The van der Waals surface area contributed by atoms with Crippen molar-refractivity contribution in [1.82, 2.24) is 10.6 Å². The number of carboxylic acid groups (broad SMARTS) is 1. The molecule has 0 aromatic carbocycles. The predicted octanol–water partition coefficient (Wildman–Crippen LogP) is 2.13. The maximum absolute atomic E-state index is 11.4. The van der Waals surface area contributed by atoms with E-state index in [0.717, 1.165) is 8.66 Å². The lowest BCUT2D eigenvalue weighted by Gasteiger charge is -2.05. The summed E-state index contributed by atoms with van der Waals surface area (Å²) in [4.78, 5) is 34.1. The topological polar surface area (TPSA) is 95.5 Å². The third-order valence-corrected chi connectivity index (χ3v) is 4.02. The molecule has 0 aliphatic heterocycles. The third-order valence-electron chi connectivity index (χ3n) is 2.33. The SMILES string of the molecule is O=C(O)CCCC(=O)NC(=O)NCCc1ccc(Br)s1. The molecule has 0 saturated heterocycles. The molecule has 0 saturated carbocycles. The van der Waals surface area contributed by atoms with Gasteiger partial charge in [-0.2, -0.15) is 0 Å². The Hall–Kier alpha value is -1.41. The van der Waals surface area contributed by atoms with Crippen molar-refractivity contribution in [3.05, 3.63) is 20.8 Å². The van der Waals surface area contributed by atoms with Crippen molar-refractivity contribution in [3.8, 4) is 0 Å². The number of amides is 3. The Balaban J connectivity index is 2.13. The lowest BCUT2D eigenvalue weighted by molar-refractivity contribution is -0.137. The van der Waals surface area contributed by atoms with E-state index in [1.54, 1.807) is 11.3 Å². The number of rotatable bonds is 7. The van der Waals surface area contributed by atoms with Gasteiger partial charge in [0.2, 0.25) is 5.91 Å². The summed E-state index contributed by atoms with van der Waals surface area (Å²) in [5, 5.41) is 13.2. The van der Waals surface area contributed by atoms with Crippen LogP contribution in [0.3, 0.4) is 0 Å². The lowest BCUT2D eigenvalue weighted by Crippen LogP contribution is -2.40. The molecule has 0 radical (unpaired) electrons. The summed E-state index contributed by atoms with van der Waals surface area (Å²) >= 11 is 4.94. The molecular weight excluding hydrogens is 348 g/mol. The zero-order valence-corrected chi connectivity index (χ0v) is 13.1. The van der Waals surface area contributed by atoms with Crippen LogP contribution in [0, 0.1) is 0 Å². The summed E-state index contributed by atoms with van der Waals surface area (Å²) in [5.41, 5.74) is 0. The van der Waals surface area contributed by atoms with Crippen molar-refractivity contribution in [2.24, 2.45) is 0 Å². The van der Waals surface area contributed by atoms with Crippen LogP contribution < -0.4 is 10.6 Å². The second-order valence-corrected chi connectivity index (χ2v) is 6.55. The van der Waals surface area contributed by atoms with Gasteiger partial charge < -0.3 is 10.4 Å². The first kappa shape index (κ1) is 16.6. The maximum Gasteiger partial charge on any atom is 0.321 e. The van der Waals surface area contributed by atoms with Gasteiger partial charge in [-0.15, -0.1) is 11.3 Å². The van der Waals surface area contributed by atoms with Gasteiger partial charge in [-0.3, -0.25) is 14.9 Å². The summed E-state index contributed by atoms with van der Waals surface area (Å²) < 4.78 is 1.03. The number of thiophene rings is 1. The molecular formula is C12H15BrN2O4S. The molecule has 8 heteroatoms. The minimum Gasteiger partial charge on any atom is -0.481 e. The fourth-order valence-corrected chi connectivity index (χ4v) is 2.90. The van der Waals surface area contributed by atoms with E-state index in [1.807, 2.05) is 12.1 Å². The van der Waals surface area contributed by atoms with Gasteiger partial charge in [-0.25, -0.2) is 4.79 Å². The van der Waals surface area contributed by atoms with Crippen LogP contribution in [0.4, 0.5) is 4.79 Å². The van der Waals surface area contributed by atoms with Gasteiger partial charge in [0, 0.05) is 24.3 Å². The van der Waals surface area contributed by atoms with Gasteiger partial charge in [-0.05, 0) is 40.9 Å². The molecule has 0 aliphatic rings. The molecule has 1 aromatic rings. The highest BCUT2D eigenvalue weighted by Gasteiger charge is 2.08. The van der Waals surface area contributed by atoms with E-state index in [4.69, 9.17) is 5.11 Å². The zero-order chi connectivity index (χ0) is 15.0. The van der Waals surface area contributed by atoms with E-state index in [0.29, 0.717) is 13.0 Å².